The number of benzene rings is 2. The quantitative estimate of drug-likeness (QED) is 0.540. The number of rotatable bonds is 4. The normalized spacial score (nSPS) is 12.2. The monoisotopic (exact) mass is 424 g/mol. The van der Waals surface area contributed by atoms with E-state index in [0.29, 0.717) is 12.1 Å². The number of thiazole rings is 1. The summed E-state index contributed by atoms with van der Waals surface area (Å²) in [7, 11) is 0. The van der Waals surface area contributed by atoms with E-state index >= 15 is 0 Å². The molecule has 0 radical (unpaired) electrons. The van der Waals surface area contributed by atoms with E-state index in [0.717, 1.165) is 31.8 Å². The number of nitrogens with zero attached hydrogens (tertiary/aromatic N) is 4. The molecule has 2 aromatic carbocycles. The SMILES string of the molecule is CCN=c1scc(-c2ccc(Br)cc2)n1N=C(C)c1ccc(C#N)cc1. The zero-order chi connectivity index (χ0) is 18.5. The molecule has 0 bridgehead atoms. The van der Waals surface area contributed by atoms with Crippen molar-refractivity contribution in [3.8, 4) is 17.3 Å². The van der Waals surface area contributed by atoms with Gasteiger partial charge in [-0.2, -0.15) is 10.4 Å². The summed E-state index contributed by atoms with van der Waals surface area (Å²) in [6, 6.07) is 17.7. The Balaban J connectivity index is 2.10. The summed E-state index contributed by atoms with van der Waals surface area (Å²) < 4.78 is 2.93. The molecule has 1 aromatic heterocycles. The predicted molar refractivity (Wildman–Crippen MR) is 110 cm³/mol. The average molecular weight is 425 g/mol. The molecule has 1 heterocycles. The molecule has 0 atom stereocenters. The lowest BCUT2D eigenvalue weighted by Crippen LogP contribution is -2.14. The molecule has 0 amide bonds. The van der Waals surface area contributed by atoms with Gasteiger partial charge < -0.3 is 0 Å². The smallest absolute Gasteiger partial charge is 0.206 e. The molecule has 0 spiro atoms. The van der Waals surface area contributed by atoms with Crippen LogP contribution in [0.2, 0.25) is 0 Å². The van der Waals surface area contributed by atoms with E-state index in [9.17, 15) is 0 Å². The van der Waals surface area contributed by atoms with Gasteiger partial charge in [-0.25, -0.2) is 4.68 Å². The fourth-order valence-electron chi connectivity index (χ4n) is 2.45. The highest BCUT2D eigenvalue weighted by molar-refractivity contribution is 9.10. The van der Waals surface area contributed by atoms with Gasteiger partial charge in [-0.1, -0.05) is 40.2 Å². The van der Waals surface area contributed by atoms with Gasteiger partial charge in [0.2, 0.25) is 4.80 Å². The molecule has 6 heteroatoms. The largest absolute Gasteiger partial charge is 0.258 e. The average Bonchev–Trinajstić information content (AvgIpc) is 3.05. The third-order valence-corrected chi connectivity index (χ3v) is 5.18. The number of halogens is 1. The summed E-state index contributed by atoms with van der Waals surface area (Å²) in [6.45, 7) is 4.68. The van der Waals surface area contributed by atoms with Crippen molar-refractivity contribution in [1.29, 1.82) is 5.26 Å². The molecule has 130 valence electrons. The van der Waals surface area contributed by atoms with Crippen molar-refractivity contribution in [1.82, 2.24) is 4.68 Å². The minimum absolute atomic E-state index is 0.641. The van der Waals surface area contributed by atoms with Crippen molar-refractivity contribution in [2.75, 3.05) is 6.54 Å². The number of hydrogen-bond donors (Lipinski definition) is 0. The Morgan fingerprint density at radius 2 is 1.85 bits per heavy atom. The highest BCUT2D eigenvalue weighted by atomic mass is 79.9. The fraction of sp³-hybridized carbons (Fsp3) is 0.150. The van der Waals surface area contributed by atoms with Crippen LogP contribution in [-0.4, -0.2) is 16.9 Å². The lowest BCUT2D eigenvalue weighted by Gasteiger charge is -2.06. The van der Waals surface area contributed by atoms with Crippen LogP contribution in [0.25, 0.3) is 11.3 Å². The second-order valence-corrected chi connectivity index (χ2v) is 7.32. The van der Waals surface area contributed by atoms with E-state index in [-0.39, 0.29) is 0 Å². The van der Waals surface area contributed by atoms with Crippen LogP contribution in [0, 0.1) is 11.3 Å². The minimum Gasteiger partial charge on any atom is -0.258 e. The van der Waals surface area contributed by atoms with E-state index in [1.807, 2.05) is 42.8 Å². The minimum atomic E-state index is 0.641. The molecule has 3 aromatic rings. The Morgan fingerprint density at radius 3 is 2.46 bits per heavy atom. The Labute approximate surface area is 164 Å². The standard InChI is InChI=1S/C20H17BrN4S/c1-3-23-20-25(19(13-26-20)17-8-10-18(21)11-9-17)24-14(2)16-6-4-15(12-22)5-7-16/h4-11,13H,3H2,1-2H3. The van der Waals surface area contributed by atoms with Crippen LogP contribution in [0.3, 0.4) is 0 Å². The maximum Gasteiger partial charge on any atom is 0.206 e. The Morgan fingerprint density at radius 1 is 1.15 bits per heavy atom. The van der Waals surface area contributed by atoms with Crippen LogP contribution in [0.15, 0.2) is 68.5 Å². The summed E-state index contributed by atoms with van der Waals surface area (Å²) in [5, 5.41) is 15.8. The predicted octanol–water partition coefficient (Wildman–Crippen LogP) is 5.04. The van der Waals surface area contributed by atoms with E-state index in [1.165, 1.54) is 0 Å². The molecule has 0 saturated carbocycles. The summed E-state index contributed by atoms with van der Waals surface area (Å²) in [6.07, 6.45) is 0. The molecule has 0 unspecified atom stereocenters. The highest BCUT2D eigenvalue weighted by Crippen LogP contribution is 2.22. The van der Waals surface area contributed by atoms with Gasteiger partial charge in [0.05, 0.1) is 23.0 Å². The molecule has 4 nitrogen and oxygen atoms in total. The van der Waals surface area contributed by atoms with Crippen LogP contribution >= 0.6 is 27.3 Å². The van der Waals surface area contributed by atoms with Gasteiger partial charge >= 0.3 is 0 Å². The molecule has 3 rings (SSSR count). The van der Waals surface area contributed by atoms with Crippen LogP contribution in [0.4, 0.5) is 0 Å². The number of nitriles is 1. The Hall–Kier alpha value is -2.49. The van der Waals surface area contributed by atoms with Crippen molar-refractivity contribution in [3.05, 3.63) is 74.3 Å². The fourth-order valence-corrected chi connectivity index (χ4v) is 3.61. The third-order valence-electron chi connectivity index (χ3n) is 3.80. The molecule has 0 aliphatic carbocycles. The first kappa shape index (κ1) is 18.3. The van der Waals surface area contributed by atoms with Crippen LogP contribution in [0.1, 0.15) is 25.0 Å². The summed E-state index contributed by atoms with van der Waals surface area (Å²) >= 11 is 5.05. The van der Waals surface area contributed by atoms with E-state index in [1.54, 1.807) is 23.5 Å². The van der Waals surface area contributed by atoms with E-state index < -0.39 is 0 Å². The van der Waals surface area contributed by atoms with Gasteiger partial charge in [-0.05, 0) is 43.7 Å². The molecule has 0 aliphatic heterocycles. The van der Waals surface area contributed by atoms with Crippen molar-refractivity contribution >= 4 is 33.0 Å². The molecular formula is C20H17BrN4S. The maximum atomic E-state index is 8.95. The van der Waals surface area contributed by atoms with E-state index in [2.05, 4.69) is 44.5 Å². The van der Waals surface area contributed by atoms with Gasteiger partial charge in [0.15, 0.2) is 0 Å². The Bertz CT molecular complexity index is 1040. The van der Waals surface area contributed by atoms with Crippen molar-refractivity contribution in [2.24, 2.45) is 10.1 Å². The van der Waals surface area contributed by atoms with Crippen molar-refractivity contribution < 1.29 is 0 Å². The molecular weight excluding hydrogens is 408 g/mol. The second kappa shape index (κ2) is 8.26. The van der Waals surface area contributed by atoms with Crippen molar-refractivity contribution in [3.63, 3.8) is 0 Å². The lowest BCUT2D eigenvalue weighted by atomic mass is 10.1. The molecule has 0 fully saturated rings. The van der Waals surface area contributed by atoms with Crippen LogP contribution < -0.4 is 4.80 Å². The van der Waals surface area contributed by atoms with Crippen molar-refractivity contribution in [2.45, 2.75) is 13.8 Å². The topological polar surface area (TPSA) is 53.4 Å². The van der Waals surface area contributed by atoms with Crippen LogP contribution in [-0.2, 0) is 0 Å². The van der Waals surface area contributed by atoms with Gasteiger partial charge in [0, 0.05) is 22.0 Å². The molecule has 0 aliphatic rings. The van der Waals surface area contributed by atoms with Gasteiger partial charge in [0.25, 0.3) is 0 Å². The maximum absolute atomic E-state index is 8.95. The third kappa shape index (κ3) is 4.01. The summed E-state index contributed by atoms with van der Waals surface area (Å²) in [4.78, 5) is 5.43. The molecule has 0 saturated heterocycles. The summed E-state index contributed by atoms with van der Waals surface area (Å²) in [5.41, 5.74) is 4.57. The van der Waals surface area contributed by atoms with E-state index in [4.69, 9.17) is 10.4 Å². The molecule has 0 N–H and O–H groups in total. The number of hydrogen-bond acceptors (Lipinski definition) is 4. The zero-order valence-corrected chi connectivity index (χ0v) is 16.9. The Kier molecular flexibility index (Phi) is 5.82. The zero-order valence-electron chi connectivity index (χ0n) is 14.5. The van der Waals surface area contributed by atoms with Gasteiger partial charge in [-0.3, -0.25) is 4.99 Å². The first-order valence-corrected chi connectivity index (χ1v) is 9.82. The van der Waals surface area contributed by atoms with Crippen LogP contribution in [0.5, 0.6) is 0 Å². The first-order valence-electron chi connectivity index (χ1n) is 8.15. The lowest BCUT2D eigenvalue weighted by molar-refractivity contribution is 0.827. The summed E-state index contributed by atoms with van der Waals surface area (Å²) in [5.74, 6) is 0. The first-order chi connectivity index (χ1) is 12.6. The molecule has 26 heavy (non-hydrogen) atoms. The van der Waals surface area contributed by atoms with Gasteiger partial charge in [-0.15, -0.1) is 11.3 Å². The van der Waals surface area contributed by atoms with Gasteiger partial charge in [0.1, 0.15) is 0 Å². The highest BCUT2D eigenvalue weighted by Gasteiger charge is 2.09. The second-order valence-electron chi connectivity index (χ2n) is 5.57. The number of aromatic nitrogens is 1.